The van der Waals surface area contributed by atoms with Crippen molar-refractivity contribution in [2.75, 3.05) is 7.11 Å². The number of halogens is 2. The number of hydrogen-bond acceptors (Lipinski definition) is 7. The molecule has 0 saturated carbocycles. The number of non-ortho nitro benzene ring substituents is 1. The monoisotopic (exact) mass is 556 g/mol. The van der Waals surface area contributed by atoms with E-state index >= 15 is 0 Å². The van der Waals surface area contributed by atoms with E-state index in [-0.39, 0.29) is 27.9 Å². The Bertz CT molecular complexity index is 1400. The lowest BCUT2D eigenvalue weighted by molar-refractivity contribution is -0.384. The molecule has 0 spiro atoms. The number of nitro benzene ring substituents is 1. The molecule has 0 bridgehead atoms. The minimum Gasteiger partial charge on any atom is -0.493 e. The number of carbonyl (C=O) groups excluding carboxylic acids is 1. The summed E-state index contributed by atoms with van der Waals surface area (Å²) in [7, 11) is 1.52. The van der Waals surface area contributed by atoms with Crippen LogP contribution < -0.4 is 9.47 Å². The number of hydrogen-bond donors (Lipinski definition) is 0. The molecule has 0 aromatic heterocycles. The Morgan fingerprint density at radius 2 is 2.00 bits per heavy atom. The van der Waals surface area contributed by atoms with Crippen LogP contribution in [0, 0.1) is 17.0 Å². The molecule has 0 saturated heterocycles. The summed E-state index contributed by atoms with van der Waals surface area (Å²) in [5.41, 5.74) is 2.90. The standard InChI is InChI=1S/C25H18BrClN2O6/c1-14-4-3-5-15(8-14)13-34-23-19(26)9-16(11-22(23)33-2)10-21-25(30)35-24(28-21)18-7-6-17(29(31)32)12-20(18)27/h3-12H,13H2,1-2H3/b21-10-. The van der Waals surface area contributed by atoms with Gasteiger partial charge in [-0.1, -0.05) is 41.4 Å². The largest absolute Gasteiger partial charge is 0.493 e. The SMILES string of the molecule is COc1cc(/C=C2\N=C(c3ccc([N+](=O)[O-])cc3Cl)OC2=O)cc(Br)c1OCc1cccc(C)c1. The average Bonchev–Trinajstić information content (AvgIpc) is 3.17. The van der Waals surface area contributed by atoms with Crippen molar-refractivity contribution >= 4 is 51.2 Å². The van der Waals surface area contributed by atoms with Crippen LogP contribution in [0.1, 0.15) is 22.3 Å². The molecule has 0 fully saturated rings. The van der Waals surface area contributed by atoms with Gasteiger partial charge in [-0.15, -0.1) is 0 Å². The van der Waals surface area contributed by atoms with Crippen LogP contribution in [0.5, 0.6) is 11.5 Å². The Kier molecular flexibility index (Phi) is 7.18. The molecular weight excluding hydrogens is 540 g/mol. The predicted octanol–water partition coefficient (Wildman–Crippen LogP) is 6.25. The summed E-state index contributed by atoms with van der Waals surface area (Å²) >= 11 is 9.65. The molecule has 0 radical (unpaired) electrons. The summed E-state index contributed by atoms with van der Waals surface area (Å²) < 4.78 is 17.4. The van der Waals surface area contributed by atoms with Crippen molar-refractivity contribution in [2.24, 2.45) is 4.99 Å². The van der Waals surface area contributed by atoms with Gasteiger partial charge in [-0.3, -0.25) is 10.1 Å². The molecule has 1 aliphatic heterocycles. The van der Waals surface area contributed by atoms with E-state index in [4.69, 9.17) is 25.8 Å². The number of benzene rings is 3. The quantitative estimate of drug-likeness (QED) is 0.147. The average molecular weight is 558 g/mol. The number of nitro groups is 1. The fourth-order valence-electron chi connectivity index (χ4n) is 3.39. The lowest BCUT2D eigenvalue weighted by Crippen LogP contribution is -2.06. The van der Waals surface area contributed by atoms with Crippen molar-refractivity contribution in [3.05, 3.63) is 102 Å². The second-order valence-corrected chi connectivity index (χ2v) is 8.83. The third-order valence-electron chi connectivity index (χ3n) is 5.04. The Hall–Kier alpha value is -3.69. The molecule has 0 aliphatic carbocycles. The maximum absolute atomic E-state index is 12.4. The van der Waals surface area contributed by atoms with Gasteiger partial charge in [-0.2, -0.15) is 0 Å². The molecule has 0 unspecified atom stereocenters. The molecule has 35 heavy (non-hydrogen) atoms. The van der Waals surface area contributed by atoms with Crippen molar-refractivity contribution < 1.29 is 23.9 Å². The van der Waals surface area contributed by atoms with Crippen LogP contribution in [-0.4, -0.2) is 23.9 Å². The summed E-state index contributed by atoms with van der Waals surface area (Å²) in [5, 5.41) is 11.0. The van der Waals surface area contributed by atoms with Crippen molar-refractivity contribution in [3.63, 3.8) is 0 Å². The Labute approximate surface area is 214 Å². The van der Waals surface area contributed by atoms with E-state index in [1.165, 1.54) is 31.4 Å². The number of rotatable bonds is 7. The molecular formula is C25H18BrClN2O6. The van der Waals surface area contributed by atoms with Gasteiger partial charge >= 0.3 is 5.97 Å². The number of aliphatic imine (C=N–C) groups is 1. The van der Waals surface area contributed by atoms with Gasteiger partial charge in [-0.25, -0.2) is 9.79 Å². The van der Waals surface area contributed by atoms with Crippen LogP contribution in [0.3, 0.4) is 0 Å². The number of carbonyl (C=O) groups is 1. The van der Waals surface area contributed by atoms with Crippen molar-refractivity contribution in [3.8, 4) is 11.5 Å². The minimum absolute atomic E-state index is 0.0368. The molecule has 1 heterocycles. The van der Waals surface area contributed by atoms with E-state index in [1.54, 1.807) is 12.1 Å². The fourth-order valence-corrected chi connectivity index (χ4v) is 4.22. The first-order valence-corrected chi connectivity index (χ1v) is 11.4. The van der Waals surface area contributed by atoms with Gasteiger partial charge in [0.2, 0.25) is 5.90 Å². The zero-order chi connectivity index (χ0) is 25.1. The number of methoxy groups -OCH3 is 1. The molecule has 3 aromatic carbocycles. The van der Waals surface area contributed by atoms with Gasteiger partial charge in [0.05, 0.1) is 27.1 Å². The summed E-state index contributed by atoms with van der Waals surface area (Å²) in [6.07, 6.45) is 1.53. The van der Waals surface area contributed by atoms with Crippen LogP contribution in [0.2, 0.25) is 5.02 Å². The van der Waals surface area contributed by atoms with Crippen molar-refractivity contribution in [1.82, 2.24) is 0 Å². The molecule has 3 aromatic rings. The highest BCUT2D eigenvalue weighted by Crippen LogP contribution is 2.38. The van der Waals surface area contributed by atoms with Crippen LogP contribution in [0.25, 0.3) is 6.08 Å². The maximum atomic E-state index is 12.4. The number of cyclic esters (lactones) is 1. The Morgan fingerprint density at radius 1 is 1.20 bits per heavy atom. The molecule has 4 rings (SSSR count). The highest BCUT2D eigenvalue weighted by molar-refractivity contribution is 9.10. The predicted molar refractivity (Wildman–Crippen MR) is 135 cm³/mol. The van der Waals surface area contributed by atoms with Crippen LogP contribution in [0.15, 0.2) is 69.8 Å². The van der Waals surface area contributed by atoms with Crippen molar-refractivity contribution in [1.29, 1.82) is 0 Å². The smallest absolute Gasteiger partial charge is 0.363 e. The lowest BCUT2D eigenvalue weighted by Gasteiger charge is -2.14. The van der Waals surface area contributed by atoms with Crippen LogP contribution >= 0.6 is 27.5 Å². The second-order valence-electron chi connectivity index (χ2n) is 7.57. The van der Waals surface area contributed by atoms with E-state index in [0.29, 0.717) is 28.1 Å². The first-order valence-electron chi connectivity index (χ1n) is 10.3. The topological polar surface area (TPSA) is 100 Å². The molecule has 10 heteroatoms. The molecule has 178 valence electrons. The van der Waals surface area contributed by atoms with E-state index in [1.807, 2.05) is 31.2 Å². The molecule has 1 aliphatic rings. The first kappa shape index (κ1) is 24.4. The lowest BCUT2D eigenvalue weighted by atomic mass is 10.1. The van der Waals surface area contributed by atoms with Gasteiger partial charge in [0.1, 0.15) is 6.61 Å². The third kappa shape index (κ3) is 5.52. The normalized spacial score (nSPS) is 14.0. The Morgan fingerprint density at radius 3 is 2.69 bits per heavy atom. The van der Waals surface area contributed by atoms with Gasteiger partial charge < -0.3 is 14.2 Å². The summed E-state index contributed by atoms with van der Waals surface area (Å²) in [6.45, 7) is 2.37. The van der Waals surface area contributed by atoms with Crippen LogP contribution in [-0.2, 0) is 16.1 Å². The molecule has 8 nitrogen and oxygen atoms in total. The van der Waals surface area contributed by atoms with Gasteiger partial charge in [0.15, 0.2) is 17.2 Å². The maximum Gasteiger partial charge on any atom is 0.363 e. The summed E-state index contributed by atoms with van der Waals surface area (Å²) in [6, 6.07) is 15.3. The number of aryl methyl sites for hydroxylation is 1. The highest BCUT2D eigenvalue weighted by atomic mass is 79.9. The first-order chi connectivity index (χ1) is 16.7. The van der Waals surface area contributed by atoms with Gasteiger partial charge in [-0.05, 0) is 58.3 Å². The van der Waals surface area contributed by atoms with E-state index < -0.39 is 10.9 Å². The zero-order valence-electron chi connectivity index (χ0n) is 18.6. The van der Waals surface area contributed by atoms with Gasteiger partial charge in [0, 0.05) is 12.1 Å². The molecule has 0 amide bonds. The van der Waals surface area contributed by atoms with E-state index in [0.717, 1.165) is 11.1 Å². The van der Waals surface area contributed by atoms with Gasteiger partial charge in [0.25, 0.3) is 5.69 Å². The second kappa shape index (κ2) is 10.3. The zero-order valence-corrected chi connectivity index (χ0v) is 20.9. The fraction of sp³-hybridized carbons (Fsp3) is 0.120. The molecule has 0 N–H and O–H groups in total. The summed E-state index contributed by atoms with van der Waals surface area (Å²) in [4.78, 5) is 27.0. The number of nitrogens with zero attached hydrogens (tertiary/aromatic N) is 2. The van der Waals surface area contributed by atoms with Crippen LogP contribution in [0.4, 0.5) is 5.69 Å². The number of ether oxygens (including phenoxy) is 3. The number of esters is 1. The Balaban J connectivity index is 1.60. The van der Waals surface area contributed by atoms with Crippen molar-refractivity contribution in [2.45, 2.75) is 13.5 Å². The molecule has 0 atom stereocenters. The van der Waals surface area contributed by atoms with E-state index in [9.17, 15) is 14.9 Å². The highest BCUT2D eigenvalue weighted by Gasteiger charge is 2.27. The minimum atomic E-state index is -0.677. The van der Waals surface area contributed by atoms with E-state index in [2.05, 4.69) is 20.9 Å². The third-order valence-corrected chi connectivity index (χ3v) is 5.94. The summed E-state index contributed by atoms with van der Waals surface area (Å²) in [5.74, 6) is 0.273.